The molecule has 0 saturated carbocycles. The van der Waals surface area contributed by atoms with Crippen molar-refractivity contribution in [2.24, 2.45) is 4.99 Å². The van der Waals surface area contributed by atoms with E-state index in [1.54, 1.807) is 24.5 Å². The van der Waals surface area contributed by atoms with Crippen molar-refractivity contribution in [3.8, 4) is 5.75 Å². The largest absolute Gasteiger partial charge is 0.504 e. The molecule has 0 atom stereocenters. The monoisotopic (exact) mass is 339 g/mol. The van der Waals surface area contributed by atoms with Gasteiger partial charge in [0.2, 0.25) is 0 Å². The zero-order valence-electron chi connectivity index (χ0n) is 14.8. The molecule has 2 aromatic rings. The van der Waals surface area contributed by atoms with Crippen LogP contribution in [0.15, 0.2) is 35.3 Å². The molecule has 25 heavy (non-hydrogen) atoms. The number of hydrogen-bond donors (Lipinski definition) is 1. The molecule has 2 heterocycles. The summed E-state index contributed by atoms with van der Waals surface area (Å²) >= 11 is 0. The summed E-state index contributed by atoms with van der Waals surface area (Å²) in [5, 5.41) is 9.91. The van der Waals surface area contributed by atoms with E-state index in [1.165, 1.54) is 7.11 Å². The van der Waals surface area contributed by atoms with Crippen molar-refractivity contribution in [2.75, 3.05) is 7.11 Å². The first-order chi connectivity index (χ1) is 11.8. The summed E-state index contributed by atoms with van der Waals surface area (Å²) in [5.41, 5.74) is 3.00. The molecule has 1 aliphatic heterocycles. The molecule has 0 spiro atoms. The molecule has 0 unspecified atom stereocenters. The van der Waals surface area contributed by atoms with E-state index in [0.717, 1.165) is 16.8 Å². The third-order valence-electron chi connectivity index (χ3n) is 4.60. The van der Waals surface area contributed by atoms with E-state index in [9.17, 15) is 9.90 Å². The Morgan fingerprint density at radius 2 is 2.12 bits per heavy atom. The Balaban J connectivity index is 1.96. The second kappa shape index (κ2) is 6.20. The third-order valence-corrected chi connectivity index (χ3v) is 4.60. The van der Waals surface area contributed by atoms with Crippen LogP contribution in [0.4, 0.5) is 5.82 Å². The van der Waals surface area contributed by atoms with Crippen molar-refractivity contribution < 1.29 is 14.6 Å². The Hall–Kier alpha value is -2.89. The van der Waals surface area contributed by atoms with Crippen LogP contribution < -0.4 is 0 Å². The van der Waals surface area contributed by atoms with Gasteiger partial charge in [-0.15, -0.1) is 0 Å². The number of esters is 1. The van der Waals surface area contributed by atoms with Crippen LogP contribution in [0.3, 0.4) is 0 Å². The number of pyridine rings is 1. The van der Waals surface area contributed by atoms with E-state index in [4.69, 9.17) is 4.74 Å². The summed E-state index contributed by atoms with van der Waals surface area (Å²) in [7, 11) is 1.38. The van der Waals surface area contributed by atoms with Crippen molar-refractivity contribution in [3.05, 3.63) is 52.7 Å². The first kappa shape index (κ1) is 17.0. The van der Waals surface area contributed by atoms with Crippen LogP contribution in [-0.4, -0.2) is 34.4 Å². The van der Waals surface area contributed by atoms with Crippen LogP contribution in [0.25, 0.3) is 0 Å². The number of benzene rings is 1. The molecule has 0 radical (unpaired) electrons. The molecule has 6 heteroatoms. The molecule has 0 aliphatic carbocycles. The normalized spacial score (nSPS) is 15.4. The fourth-order valence-electron chi connectivity index (χ4n) is 3.09. The highest BCUT2D eigenvalue weighted by Crippen LogP contribution is 2.39. The van der Waals surface area contributed by atoms with Gasteiger partial charge in [-0.2, -0.15) is 0 Å². The van der Waals surface area contributed by atoms with Gasteiger partial charge in [-0.3, -0.25) is 0 Å². The van der Waals surface area contributed by atoms with Crippen LogP contribution in [-0.2, 0) is 16.8 Å². The summed E-state index contributed by atoms with van der Waals surface area (Å²) in [6.45, 7) is 6.51. The van der Waals surface area contributed by atoms with Gasteiger partial charge in [0.1, 0.15) is 0 Å². The summed E-state index contributed by atoms with van der Waals surface area (Å²) in [6, 6.07) is 8.95. The van der Waals surface area contributed by atoms with Gasteiger partial charge in [0.25, 0.3) is 0 Å². The standard InChI is InChI=1S/C19H21N3O3/c1-12-8-9-16(23)17(21-12)20-11-22-10-14-13(18(24)25-4)6-5-7-15(14)19(22,2)3/h5-9,11,23H,10H2,1-4H3/b20-11+. The lowest BCUT2D eigenvalue weighted by Gasteiger charge is -2.30. The molecule has 0 amide bonds. The number of carbonyl (C=O) groups is 1. The van der Waals surface area contributed by atoms with Crippen LogP contribution in [0, 0.1) is 6.92 Å². The number of aliphatic imine (C=N–C) groups is 1. The Kier molecular flexibility index (Phi) is 4.20. The van der Waals surface area contributed by atoms with Crippen molar-refractivity contribution in [1.29, 1.82) is 0 Å². The number of aromatic hydroxyl groups is 1. The Morgan fingerprint density at radius 3 is 2.84 bits per heavy atom. The smallest absolute Gasteiger partial charge is 0.338 e. The number of rotatable bonds is 3. The first-order valence-electron chi connectivity index (χ1n) is 8.03. The molecule has 6 nitrogen and oxygen atoms in total. The summed E-state index contributed by atoms with van der Waals surface area (Å²) < 4.78 is 4.89. The minimum atomic E-state index is -0.345. The molecule has 3 rings (SSSR count). The van der Waals surface area contributed by atoms with E-state index in [1.807, 2.05) is 24.0 Å². The lowest BCUT2D eigenvalue weighted by molar-refractivity contribution is 0.0599. The number of aryl methyl sites for hydroxylation is 1. The van der Waals surface area contributed by atoms with Gasteiger partial charge in [0, 0.05) is 12.2 Å². The number of ether oxygens (including phenoxy) is 1. The molecular formula is C19H21N3O3. The van der Waals surface area contributed by atoms with Gasteiger partial charge >= 0.3 is 5.97 Å². The lowest BCUT2D eigenvalue weighted by atomic mass is 9.92. The Bertz CT molecular complexity index is 859. The van der Waals surface area contributed by atoms with Crippen molar-refractivity contribution in [1.82, 2.24) is 9.88 Å². The van der Waals surface area contributed by atoms with E-state index in [0.29, 0.717) is 12.1 Å². The average molecular weight is 339 g/mol. The number of carbonyl (C=O) groups excluding carboxylic acids is 1. The maximum absolute atomic E-state index is 12.0. The summed E-state index contributed by atoms with van der Waals surface area (Å²) in [4.78, 5) is 22.6. The second-order valence-corrected chi connectivity index (χ2v) is 6.55. The van der Waals surface area contributed by atoms with Gasteiger partial charge < -0.3 is 14.7 Å². The third kappa shape index (κ3) is 2.95. The number of methoxy groups -OCH3 is 1. The molecular weight excluding hydrogens is 318 g/mol. The molecule has 1 aliphatic rings. The summed E-state index contributed by atoms with van der Waals surface area (Å²) in [6.07, 6.45) is 1.67. The zero-order valence-corrected chi connectivity index (χ0v) is 14.8. The molecule has 1 N–H and O–H groups in total. The molecule has 0 bridgehead atoms. The van der Waals surface area contributed by atoms with Crippen LogP contribution in [0.2, 0.25) is 0 Å². The summed E-state index contributed by atoms with van der Waals surface area (Å²) in [5.74, 6) is -0.0315. The predicted molar refractivity (Wildman–Crippen MR) is 95.1 cm³/mol. The van der Waals surface area contributed by atoms with E-state index >= 15 is 0 Å². The molecule has 1 aromatic heterocycles. The topological polar surface area (TPSA) is 75.0 Å². The number of nitrogens with zero attached hydrogens (tertiary/aromatic N) is 3. The van der Waals surface area contributed by atoms with Crippen LogP contribution in [0.5, 0.6) is 5.75 Å². The van der Waals surface area contributed by atoms with Crippen molar-refractivity contribution in [2.45, 2.75) is 32.9 Å². The quantitative estimate of drug-likeness (QED) is 0.527. The highest BCUT2D eigenvalue weighted by atomic mass is 16.5. The van der Waals surface area contributed by atoms with E-state index < -0.39 is 0 Å². The first-order valence-corrected chi connectivity index (χ1v) is 8.03. The SMILES string of the molecule is COC(=O)c1cccc2c1CN(/C=N/c1nc(C)ccc1O)C2(C)C. The van der Waals surface area contributed by atoms with E-state index in [2.05, 4.69) is 23.8 Å². The maximum Gasteiger partial charge on any atom is 0.338 e. The zero-order chi connectivity index (χ0) is 18.2. The van der Waals surface area contributed by atoms with Crippen molar-refractivity contribution >= 4 is 18.1 Å². The Morgan fingerprint density at radius 1 is 1.36 bits per heavy atom. The number of aromatic nitrogens is 1. The van der Waals surface area contributed by atoms with Gasteiger partial charge in [-0.25, -0.2) is 14.8 Å². The highest BCUT2D eigenvalue weighted by Gasteiger charge is 2.38. The predicted octanol–water partition coefficient (Wildman–Crippen LogP) is 3.29. The van der Waals surface area contributed by atoms with Crippen LogP contribution in [0.1, 0.15) is 41.0 Å². The highest BCUT2D eigenvalue weighted by molar-refractivity contribution is 5.92. The minimum Gasteiger partial charge on any atom is -0.504 e. The lowest BCUT2D eigenvalue weighted by Crippen LogP contribution is -2.34. The average Bonchev–Trinajstić information content (AvgIpc) is 2.85. The van der Waals surface area contributed by atoms with Gasteiger partial charge in [0.15, 0.2) is 11.6 Å². The van der Waals surface area contributed by atoms with Crippen molar-refractivity contribution in [3.63, 3.8) is 0 Å². The maximum atomic E-state index is 12.0. The Labute approximate surface area is 146 Å². The number of hydrogen-bond acceptors (Lipinski definition) is 5. The fraction of sp³-hybridized carbons (Fsp3) is 0.316. The molecule has 130 valence electrons. The second-order valence-electron chi connectivity index (χ2n) is 6.55. The van der Waals surface area contributed by atoms with E-state index in [-0.39, 0.29) is 23.1 Å². The van der Waals surface area contributed by atoms with Gasteiger partial charge in [-0.05, 0) is 50.1 Å². The molecule has 0 saturated heterocycles. The molecule has 0 fully saturated rings. The number of fused-ring (bicyclic) bond motifs is 1. The van der Waals surface area contributed by atoms with Gasteiger partial charge in [0.05, 0.1) is 24.6 Å². The molecule has 1 aromatic carbocycles. The van der Waals surface area contributed by atoms with Gasteiger partial charge in [-0.1, -0.05) is 12.1 Å². The van der Waals surface area contributed by atoms with Crippen LogP contribution >= 0.6 is 0 Å². The fourth-order valence-corrected chi connectivity index (χ4v) is 3.09. The minimum absolute atomic E-state index is 0.0339.